The van der Waals surface area contributed by atoms with E-state index in [0.717, 1.165) is 36.8 Å². The Labute approximate surface area is 537 Å². The molecule has 2 aromatic carbocycles. The van der Waals surface area contributed by atoms with Crippen LogP contribution in [0.5, 0.6) is 0 Å². The van der Waals surface area contributed by atoms with E-state index in [-0.39, 0.29) is 110 Å². The van der Waals surface area contributed by atoms with Crippen LogP contribution in [0.2, 0.25) is 6.32 Å². The summed E-state index contributed by atoms with van der Waals surface area (Å²) in [5, 5.41) is 42.0. The minimum atomic E-state index is -2.78. The van der Waals surface area contributed by atoms with Gasteiger partial charge in [-0.2, -0.15) is 0 Å². The fourth-order valence-electron chi connectivity index (χ4n) is 14.5. The Balaban J connectivity index is 0.000000240. The van der Waals surface area contributed by atoms with E-state index in [1.165, 1.54) is 12.2 Å². The number of alkyl halides is 4. The molecule has 91 heavy (non-hydrogen) atoms. The molecule has 0 radical (unpaired) electrons. The van der Waals surface area contributed by atoms with Crippen molar-refractivity contribution in [1.82, 2.24) is 30.2 Å². The molecule has 0 unspecified atom stereocenters. The molecule has 5 saturated heterocycles. The summed E-state index contributed by atoms with van der Waals surface area (Å²) in [6, 6.07) is 19.2. The van der Waals surface area contributed by atoms with Crippen molar-refractivity contribution in [1.29, 1.82) is 0 Å². The second kappa shape index (κ2) is 30.6. The van der Waals surface area contributed by atoms with Crippen molar-refractivity contribution in [3.8, 4) is 0 Å². The summed E-state index contributed by atoms with van der Waals surface area (Å²) in [6.07, 6.45) is 9.19. The molecule has 2 bridgehead atoms. The molecule has 3 aliphatic carbocycles. The van der Waals surface area contributed by atoms with Crippen molar-refractivity contribution in [3.05, 3.63) is 118 Å². The van der Waals surface area contributed by atoms with Crippen LogP contribution in [0.15, 0.2) is 84.2 Å². The van der Waals surface area contributed by atoms with Crippen molar-refractivity contribution in [2.45, 2.75) is 192 Å². The summed E-state index contributed by atoms with van der Waals surface area (Å²) in [7, 11) is -3.40. The topological polar surface area (TPSA) is 213 Å². The average Bonchev–Trinajstić information content (AvgIpc) is 1.67. The number of hydrogen-bond donors (Lipinski definition) is 6. The molecule has 0 spiro atoms. The Morgan fingerprint density at radius 2 is 1.18 bits per heavy atom. The largest absolute Gasteiger partial charge is 0.482 e. The standard InChI is InChI=1S/C36H49BF2N4O4.C26H35BF2N4O4.C4H11BO2/c1-33(2,43-16-14-36(38,39)23-43)21-27(40-6)32(45)42-15-10-13-25(22-42)18-31(44)41-30(17-24-11-8-7-9-12-24)37-46-29-20-26-19-28(34(26,3)4)35(29,5)47-37;1-25(2,33-13-11-26(28,29)18-33)16-21(30-3)24(35)32-12-7-10-20(17-32)15-23(34)31-22(27(36)37)14-19-8-5-4-6-9-19;1-4(2)3-5(6)7/h7-9,11-12,21,25-26,28-30H,10,13-20,22-23H2,1-5H3,(H,41,44);4-6,8-9,16,20,22,36-37H,7,10-15,17-18H2,1-2H3,(H,31,34);4,6-7H,3H2,1-2H3/t25-,26+,28+,29-,30+,35+;20-,22+;/m11./s1. The second-order valence-corrected chi connectivity index (χ2v) is 28.7. The number of benzene rings is 2. The minimum absolute atomic E-state index is 0.00833. The van der Waals surface area contributed by atoms with Gasteiger partial charge in [0.25, 0.3) is 23.7 Å². The molecule has 10 rings (SSSR count). The van der Waals surface area contributed by atoms with Crippen molar-refractivity contribution >= 4 is 45.0 Å². The summed E-state index contributed by atoms with van der Waals surface area (Å²) in [5.74, 6) is -6.91. The number of hydrogen-bond acceptors (Lipinski definition) is 12. The molecule has 8 atom stereocenters. The molecule has 496 valence electrons. The zero-order valence-electron chi connectivity index (χ0n) is 54.6. The van der Waals surface area contributed by atoms with Gasteiger partial charge in [0.1, 0.15) is 0 Å². The van der Waals surface area contributed by atoms with Gasteiger partial charge in [-0.1, -0.05) is 101 Å². The fourth-order valence-corrected chi connectivity index (χ4v) is 14.5. The predicted octanol–water partition coefficient (Wildman–Crippen LogP) is 7.93. The van der Waals surface area contributed by atoms with Gasteiger partial charge in [0.05, 0.1) is 49.8 Å². The van der Waals surface area contributed by atoms with Gasteiger partial charge in [-0.3, -0.25) is 29.0 Å². The molecule has 2 aromatic rings. The average molecular weight is 1270 g/mol. The van der Waals surface area contributed by atoms with Gasteiger partial charge in [-0.15, -0.1) is 0 Å². The number of carbonyl (C=O) groups is 4. The molecule has 6 N–H and O–H groups in total. The number of rotatable bonds is 20. The van der Waals surface area contributed by atoms with Crippen LogP contribution in [-0.4, -0.2) is 184 Å². The van der Waals surface area contributed by atoms with E-state index in [4.69, 9.17) is 32.5 Å². The highest BCUT2D eigenvalue weighted by molar-refractivity contribution is 6.48. The number of carbonyl (C=O) groups excluding carboxylic acids is 4. The van der Waals surface area contributed by atoms with Gasteiger partial charge in [-0.25, -0.2) is 27.3 Å². The number of likely N-dealkylation sites (tertiary alicyclic amines) is 4. The van der Waals surface area contributed by atoms with Crippen molar-refractivity contribution in [2.24, 2.45) is 35.0 Å². The Morgan fingerprint density at radius 3 is 1.57 bits per heavy atom. The summed E-state index contributed by atoms with van der Waals surface area (Å²) in [5.41, 5.74) is -0.159. The Hall–Kier alpha value is -5.63. The molecule has 18 nitrogen and oxygen atoms in total. The van der Waals surface area contributed by atoms with E-state index in [9.17, 15) is 46.8 Å². The van der Waals surface area contributed by atoms with E-state index in [1.807, 2.05) is 74.5 Å². The summed E-state index contributed by atoms with van der Waals surface area (Å²) >= 11 is 0. The highest BCUT2D eigenvalue weighted by atomic mass is 19.3. The lowest BCUT2D eigenvalue weighted by atomic mass is 9.43. The lowest BCUT2D eigenvalue weighted by Crippen LogP contribution is -2.65. The molecule has 0 aromatic heterocycles. The van der Waals surface area contributed by atoms with E-state index in [2.05, 4.69) is 41.1 Å². The first-order chi connectivity index (χ1) is 42.6. The van der Waals surface area contributed by atoms with Crippen molar-refractivity contribution in [3.63, 3.8) is 0 Å². The van der Waals surface area contributed by atoms with Crippen LogP contribution in [0.1, 0.15) is 138 Å². The van der Waals surface area contributed by atoms with Gasteiger partial charge < -0.3 is 49.8 Å². The van der Waals surface area contributed by atoms with E-state index in [0.29, 0.717) is 63.0 Å². The molecule has 5 aliphatic heterocycles. The van der Waals surface area contributed by atoms with Crippen molar-refractivity contribution in [2.75, 3.05) is 52.4 Å². The van der Waals surface area contributed by atoms with Crippen LogP contribution in [0, 0.1) is 48.1 Å². The maximum Gasteiger partial charge on any atom is 0.482 e. The monoisotopic (exact) mass is 1270 g/mol. The first-order valence-corrected chi connectivity index (χ1v) is 32.4. The van der Waals surface area contributed by atoms with Crippen LogP contribution >= 0.6 is 0 Å². The number of nitrogens with zero attached hydrogens (tertiary/aromatic N) is 6. The van der Waals surface area contributed by atoms with Gasteiger partial charge in [0, 0.05) is 76.0 Å². The number of halogens is 4. The first kappa shape index (κ1) is 72.8. The van der Waals surface area contributed by atoms with Gasteiger partial charge in [0.2, 0.25) is 23.2 Å². The quantitative estimate of drug-likeness (QED) is 0.0323. The van der Waals surface area contributed by atoms with E-state index >= 15 is 0 Å². The number of amides is 4. The molecular formula is C66H95B3F4N8O10. The van der Waals surface area contributed by atoms with E-state index < -0.39 is 75.1 Å². The molecular weight excluding hydrogens is 1170 g/mol. The van der Waals surface area contributed by atoms with Gasteiger partial charge in [0.15, 0.2) is 0 Å². The summed E-state index contributed by atoms with van der Waals surface area (Å²) in [4.78, 5) is 66.3. The third kappa shape index (κ3) is 19.5. The molecule has 25 heteroatoms. The van der Waals surface area contributed by atoms with E-state index in [1.54, 1.807) is 47.3 Å². The molecule has 8 aliphatic rings. The maximum atomic E-state index is 13.9. The summed E-state index contributed by atoms with van der Waals surface area (Å²) in [6.45, 7) is 34.1. The lowest BCUT2D eigenvalue weighted by Gasteiger charge is -2.64. The third-order valence-electron chi connectivity index (χ3n) is 19.8. The molecule has 8 fully saturated rings. The zero-order valence-corrected chi connectivity index (χ0v) is 54.6. The SMILES string of the molecule is CC(C)CB(O)O.[C-]#[N+]C(=CC(C)(C)N1CCC(F)(F)C1)C(=O)N1CCC[C@H](CC(=O)N[C@@H](Cc2ccccc2)B(O)O)C1.[C-]#[N+]C(=CC(C)(C)N1CCC(F)(F)C1)C(=O)N1CCC[C@H](CC(=O)N[C@@H](Cc2ccccc2)B2O[C@@H]3C[C@@H]4C[C@@H](C4(C)C)[C@]3(C)O2)C1. The third-order valence-corrected chi connectivity index (χ3v) is 19.8. The highest BCUT2D eigenvalue weighted by Crippen LogP contribution is 2.66. The van der Waals surface area contributed by atoms with Gasteiger partial charge >= 0.3 is 21.4 Å². The zero-order chi connectivity index (χ0) is 66.9. The number of nitrogens with one attached hydrogen (secondary N) is 2. The fraction of sp³-hybridized carbons (Fsp3) is 0.667. The molecule has 3 saturated carbocycles. The normalized spacial score (nSPS) is 26.1. The first-order valence-electron chi connectivity index (χ1n) is 32.4. The van der Waals surface area contributed by atoms with Crippen LogP contribution < -0.4 is 10.6 Å². The van der Waals surface area contributed by atoms with Gasteiger partial charge in [-0.05, 0) is 138 Å². The number of piperidine rings is 2. The molecule has 4 amide bonds. The Morgan fingerprint density at radius 1 is 0.714 bits per heavy atom. The van der Waals surface area contributed by atoms with Crippen LogP contribution in [-0.2, 0) is 41.3 Å². The Kier molecular flexibility index (Phi) is 24.5. The smallest absolute Gasteiger partial charge is 0.427 e. The summed E-state index contributed by atoms with van der Waals surface area (Å²) < 4.78 is 68.6. The van der Waals surface area contributed by atoms with Crippen molar-refractivity contribution < 1.29 is 66.1 Å². The van der Waals surface area contributed by atoms with Crippen LogP contribution in [0.4, 0.5) is 17.6 Å². The maximum absolute atomic E-state index is 13.9. The minimum Gasteiger partial charge on any atom is -0.427 e. The predicted molar refractivity (Wildman–Crippen MR) is 342 cm³/mol. The lowest BCUT2D eigenvalue weighted by molar-refractivity contribution is -0.199. The highest BCUT2D eigenvalue weighted by Gasteiger charge is 2.68. The van der Waals surface area contributed by atoms with Crippen LogP contribution in [0.25, 0.3) is 9.69 Å². The second-order valence-electron chi connectivity index (χ2n) is 28.7. The molecule has 5 heterocycles. The Bertz CT molecular complexity index is 2960. The van der Waals surface area contributed by atoms with Crippen LogP contribution in [0.3, 0.4) is 0 Å².